The van der Waals surface area contributed by atoms with E-state index in [1.54, 1.807) is 0 Å². The molecule has 2 nitrogen and oxygen atoms in total. The maximum absolute atomic E-state index is 5.77. The van der Waals surface area contributed by atoms with Crippen molar-refractivity contribution in [3.8, 4) is 0 Å². The summed E-state index contributed by atoms with van der Waals surface area (Å²) in [6, 6.07) is 10.3. The highest BCUT2D eigenvalue weighted by Gasteiger charge is 2.04. The number of H-pyrrole nitrogens is 1. The highest BCUT2D eigenvalue weighted by molar-refractivity contribution is 6.17. The van der Waals surface area contributed by atoms with Gasteiger partial charge in [-0.1, -0.05) is 18.2 Å². The van der Waals surface area contributed by atoms with E-state index < -0.39 is 0 Å². The molecular formula is C12H9ClN2. The number of hydrogen-bond acceptors (Lipinski definition) is 1. The monoisotopic (exact) mass is 216 g/mol. The second-order valence-electron chi connectivity index (χ2n) is 3.53. The van der Waals surface area contributed by atoms with Gasteiger partial charge in [0.2, 0.25) is 0 Å². The number of fused-ring (bicyclic) bond motifs is 3. The molecule has 0 aliphatic carbocycles. The van der Waals surface area contributed by atoms with Crippen LogP contribution in [0.5, 0.6) is 0 Å². The van der Waals surface area contributed by atoms with Crippen LogP contribution in [0.1, 0.15) is 5.69 Å². The summed E-state index contributed by atoms with van der Waals surface area (Å²) in [6.07, 6.45) is 1.84. The molecule has 3 rings (SSSR count). The van der Waals surface area contributed by atoms with Crippen molar-refractivity contribution < 1.29 is 0 Å². The van der Waals surface area contributed by atoms with Crippen molar-refractivity contribution in [1.82, 2.24) is 9.97 Å². The van der Waals surface area contributed by atoms with Crippen LogP contribution < -0.4 is 0 Å². The van der Waals surface area contributed by atoms with Crippen LogP contribution in [0, 0.1) is 0 Å². The largest absolute Gasteiger partial charge is 0.353 e. The molecule has 1 aromatic carbocycles. The Balaban J connectivity index is 2.46. The first-order valence-corrected chi connectivity index (χ1v) is 5.33. The van der Waals surface area contributed by atoms with Crippen molar-refractivity contribution in [2.45, 2.75) is 5.88 Å². The predicted molar refractivity (Wildman–Crippen MR) is 63.2 cm³/mol. The Hall–Kier alpha value is -1.54. The SMILES string of the molecule is ClCc1cc2c(cn1)[nH]c1ccccc12. The van der Waals surface area contributed by atoms with E-state index in [4.69, 9.17) is 11.6 Å². The number of hydrogen-bond donors (Lipinski definition) is 1. The Bertz CT molecular complexity index is 628. The summed E-state index contributed by atoms with van der Waals surface area (Å²) in [5.74, 6) is 0.454. The van der Waals surface area contributed by atoms with Gasteiger partial charge < -0.3 is 4.98 Å². The van der Waals surface area contributed by atoms with Crippen LogP contribution in [-0.4, -0.2) is 9.97 Å². The van der Waals surface area contributed by atoms with Gasteiger partial charge in [0, 0.05) is 16.3 Å². The van der Waals surface area contributed by atoms with Crippen LogP contribution in [0.3, 0.4) is 0 Å². The fraction of sp³-hybridized carbons (Fsp3) is 0.0833. The predicted octanol–water partition coefficient (Wildman–Crippen LogP) is 3.45. The number of pyridine rings is 1. The van der Waals surface area contributed by atoms with Crippen LogP contribution in [-0.2, 0) is 5.88 Å². The van der Waals surface area contributed by atoms with Gasteiger partial charge in [-0.3, -0.25) is 4.98 Å². The number of halogens is 1. The van der Waals surface area contributed by atoms with Crippen molar-refractivity contribution in [2.24, 2.45) is 0 Å². The molecule has 0 aliphatic rings. The third-order valence-corrected chi connectivity index (χ3v) is 2.86. The normalized spacial score (nSPS) is 11.3. The lowest BCUT2D eigenvalue weighted by Gasteiger charge is -1.94. The molecule has 15 heavy (non-hydrogen) atoms. The molecule has 0 atom stereocenters. The zero-order valence-electron chi connectivity index (χ0n) is 8.00. The Morgan fingerprint density at radius 1 is 1.13 bits per heavy atom. The van der Waals surface area contributed by atoms with E-state index in [2.05, 4.69) is 22.1 Å². The minimum Gasteiger partial charge on any atom is -0.353 e. The molecule has 0 saturated carbocycles. The first-order chi connectivity index (χ1) is 7.38. The lowest BCUT2D eigenvalue weighted by atomic mass is 10.2. The number of benzene rings is 1. The fourth-order valence-electron chi connectivity index (χ4n) is 1.87. The molecule has 74 valence electrons. The van der Waals surface area contributed by atoms with Crippen molar-refractivity contribution in [2.75, 3.05) is 0 Å². The highest BCUT2D eigenvalue weighted by Crippen LogP contribution is 2.25. The molecule has 3 aromatic rings. The van der Waals surface area contributed by atoms with Crippen molar-refractivity contribution in [3.05, 3.63) is 42.2 Å². The third kappa shape index (κ3) is 1.29. The zero-order chi connectivity index (χ0) is 10.3. The number of nitrogens with zero attached hydrogens (tertiary/aromatic N) is 1. The van der Waals surface area contributed by atoms with E-state index in [1.807, 2.05) is 24.4 Å². The summed E-state index contributed by atoms with van der Waals surface area (Å²) in [5.41, 5.74) is 3.11. The molecule has 0 fully saturated rings. The average Bonchev–Trinajstić information content (AvgIpc) is 2.66. The van der Waals surface area contributed by atoms with Crippen LogP contribution >= 0.6 is 11.6 Å². The van der Waals surface area contributed by atoms with E-state index in [-0.39, 0.29) is 0 Å². The lowest BCUT2D eigenvalue weighted by molar-refractivity contribution is 1.19. The van der Waals surface area contributed by atoms with Gasteiger partial charge in [0.25, 0.3) is 0 Å². The first-order valence-electron chi connectivity index (χ1n) is 4.80. The molecule has 3 heteroatoms. The summed E-state index contributed by atoms with van der Waals surface area (Å²) < 4.78 is 0. The Morgan fingerprint density at radius 3 is 2.87 bits per heavy atom. The average molecular weight is 217 g/mol. The summed E-state index contributed by atoms with van der Waals surface area (Å²) >= 11 is 5.77. The molecule has 1 N–H and O–H groups in total. The molecular weight excluding hydrogens is 208 g/mol. The Morgan fingerprint density at radius 2 is 2.00 bits per heavy atom. The third-order valence-electron chi connectivity index (χ3n) is 2.58. The van der Waals surface area contributed by atoms with E-state index in [0.717, 1.165) is 16.7 Å². The number of para-hydroxylation sites is 1. The van der Waals surface area contributed by atoms with Gasteiger partial charge in [-0.15, -0.1) is 11.6 Å². The summed E-state index contributed by atoms with van der Waals surface area (Å²) in [4.78, 5) is 7.58. The zero-order valence-corrected chi connectivity index (χ0v) is 8.75. The number of rotatable bonds is 1. The maximum atomic E-state index is 5.77. The van der Waals surface area contributed by atoms with Crippen molar-refractivity contribution in [3.63, 3.8) is 0 Å². The highest BCUT2D eigenvalue weighted by atomic mass is 35.5. The van der Waals surface area contributed by atoms with Crippen molar-refractivity contribution >= 4 is 33.4 Å². The molecule has 0 radical (unpaired) electrons. The number of aromatic amines is 1. The fourth-order valence-corrected chi connectivity index (χ4v) is 2.01. The number of alkyl halides is 1. The van der Waals surface area contributed by atoms with Gasteiger partial charge in [-0.05, 0) is 12.1 Å². The molecule has 0 aliphatic heterocycles. The lowest BCUT2D eigenvalue weighted by Crippen LogP contribution is -1.82. The number of aromatic nitrogens is 2. The maximum Gasteiger partial charge on any atom is 0.0651 e. The minimum absolute atomic E-state index is 0.454. The van der Waals surface area contributed by atoms with Crippen LogP contribution in [0.2, 0.25) is 0 Å². The standard InChI is InChI=1S/C12H9ClN2/c13-6-8-5-10-9-3-1-2-4-11(9)15-12(10)7-14-8/h1-5,7,15H,6H2. The van der Waals surface area contributed by atoms with Gasteiger partial charge in [0.05, 0.1) is 23.3 Å². The molecule has 0 spiro atoms. The molecule has 0 saturated heterocycles. The Labute approximate surface area is 91.9 Å². The van der Waals surface area contributed by atoms with Crippen LogP contribution in [0.15, 0.2) is 36.5 Å². The van der Waals surface area contributed by atoms with E-state index >= 15 is 0 Å². The molecule has 0 amide bonds. The second kappa shape index (κ2) is 3.24. The van der Waals surface area contributed by atoms with E-state index in [9.17, 15) is 0 Å². The van der Waals surface area contributed by atoms with Gasteiger partial charge in [0.15, 0.2) is 0 Å². The first kappa shape index (κ1) is 8.74. The van der Waals surface area contributed by atoms with Gasteiger partial charge in [-0.2, -0.15) is 0 Å². The van der Waals surface area contributed by atoms with Crippen LogP contribution in [0.4, 0.5) is 0 Å². The number of nitrogens with one attached hydrogen (secondary N) is 1. The molecule has 2 heterocycles. The summed E-state index contributed by atoms with van der Waals surface area (Å²) in [7, 11) is 0. The smallest absolute Gasteiger partial charge is 0.0651 e. The van der Waals surface area contributed by atoms with E-state index in [1.165, 1.54) is 10.8 Å². The van der Waals surface area contributed by atoms with Gasteiger partial charge in [0.1, 0.15) is 0 Å². The molecule has 0 bridgehead atoms. The topological polar surface area (TPSA) is 28.7 Å². The molecule has 0 unspecified atom stereocenters. The van der Waals surface area contributed by atoms with Gasteiger partial charge >= 0.3 is 0 Å². The van der Waals surface area contributed by atoms with E-state index in [0.29, 0.717) is 5.88 Å². The second-order valence-corrected chi connectivity index (χ2v) is 3.79. The summed E-state index contributed by atoms with van der Waals surface area (Å²) in [6.45, 7) is 0. The minimum atomic E-state index is 0.454. The van der Waals surface area contributed by atoms with Crippen LogP contribution in [0.25, 0.3) is 21.8 Å². The summed E-state index contributed by atoms with van der Waals surface area (Å²) in [5, 5.41) is 2.41. The quantitative estimate of drug-likeness (QED) is 0.620. The molecule has 2 aromatic heterocycles. The van der Waals surface area contributed by atoms with Crippen molar-refractivity contribution in [1.29, 1.82) is 0 Å². The van der Waals surface area contributed by atoms with Gasteiger partial charge in [-0.25, -0.2) is 0 Å². The Kier molecular flexibility index (Phi) is 1.89.